The molecule has 0 aromatic carbocycles. The van der Waals surface area contributed by atoms with E-state index in [4.69, 9.17) is 11.6 Å². The van der Waals surface area contributed by atoms with Crippen LogP contribution in [0.1, 0.15) is 26.2 Å². The van der Waals surface area contributed by atoms with Gasteiger partial charge in [-0.1, -0.05) is 19.8 Å². The Morgan fingerprint density at radius 3 is 2.33 bits per heavy atom. The summed E-state index contributed by atoms with van der Waals surface area (Å²) in [6.07, 6.45) is 1.51. The normalized spacial score (nSPS) is 14.8. The van der Waals surface area contributed by atoms with Gasteiger partial charge in [0.2, 0.25) is 6.10 Å². The van der Waals surface area contributed by atoms with Crippen LogP contribution in [0.3, 0.4) is 0 Å². The number of hydrogen-bond donors (Lipinski definition) is 0. The molecule has 4 nitrogen and oxygen atoms in total. The molecule has 0 aromatic heterocycles. The first-order valence-corrected chi connectivity index (χ1v) is 5.41. The van der Waals surface area contributed by atoms with Gasteiger partial charge >= 0.3 is 0 Å². The summed E-state index contributed by atoms with van der Waals surface area (Å²) in [6.45, 7) is 1.95. The lowest BCUT2D eigenvalue weighted by Crippen LogP contribution is -2.62. The average Bonchev–Trinajstić information content (AvgIpc) is 1.95. The molecule has 0 aliphatic heterocycles. The molecule has 12 heavy (non-hydrogen) atoms. The Labute approximate surface area is 78.8 Å². The minimum absolute atomic E-state index is 0.0223. The van der Waals surface area contributed by atoms with E-state index in [2.05, 4.69) is 4.29 Å². The molecule has 0 spiro atoms. The lowest BCUT2D eigenvalue weighted by Gasteiger charge is -2.16. The van der Waals surface area contributed by atoms with Gasteiger partial charge in [0, 0.05) is 0 Å². The van der Waals surface area contributed by atoms with Gasteiger partial charge in [0.25, 0.3) is 0 Å². The highest BCUT2D eigenvalue weighted by Gasteiger charge is 2.26. The van der Waals surface area contributed by atoms with E-state index < -0.39 is 16.3 Å². The molecule has 0 rings (SSSR count). The van der Waals surface area contributed by atoms with Gasteiger partial charge in [0.15, 0.2) is 0 Å². The second-order valence-electron chi connectivity index (χ2n) is 2.39. The fourth-order valence-corrected chi connectivity index (χ4v) is 1.47. The molecule has 0 heterocycles. The zero-order valence-electron chi connectivity index (χ0n) is 6.79. The SMILES string of the molecule is CCCCC(CCl)O[Cl+3]([O-])([O-])[O-]. The predicted molar refractivity (Wildman–Crippen MR) is 35.1 cm³/mol. The quantitative estimate of drug-likeness (QED) is 0.520. The lowest BCUT2D eigenvalue weighted by atomic mass is 10.2. The number of alkyl halides is 1. The van der Waals surface area contributed by atoms with Crippen LogP contribution in [0.25, 0.3) is 0 Å². The van der Waals surface area contributed by atoms with Crippen LogP contribution in [0.5, 0.6) is 0 Å². The summed E-state index contributed by atoms with van der Waals surface area (Å²) in [7, 11) is -4.34. The van der Waals surface area contributed by atoms with Crippen LogP contribution in [0.2, 0.25) is 0 Å². The Kier molecular flexibility index (Phi) is 6.17. The van der Waals surface area contributed by atoms with E-state index in [9.17, 15) is 14.0 Å². The van der Waals surface area contributed by atoms with Crippen molar-refractivity contribution in [2.45, 2.75) is 32.3 Å². The highest BCUT2D eigenvalue weighted by molar-refractivity contribution is 6.18. The van der Waals surface area contributed by atoms with Crippen molar-refractivity contribution >= 4 is 11.6 Å². The molecule has 0 fully saturated rings. The second-order valence-corrected chi connectivity index (χ2v) is 3.63. The average molecular weight is 219 g/mol. The maximum absolute atomic E-state index is 10.1. The van der Waals surface area contributed by atoms with Crippen LogP contribution in [0.15, 0.2) is 0 Å². The molecular formula is C6H12Cl2O4. The van der Waals surface area contributed by atoms with Gasteiger partial charge in [-0.3, -0.25) is 0 Å². The van der Waals surface area contributed by atoms with E-state index in [-0.39, 0.29) is 5.88 Å². The maximum Gasteiger partial charge on any atom is 0.227 e. The summed E-state index contributed by atoms with van der Waals surface area (Å²) < 4.78 is 34.4. The van der Waals surface area contributed by atoms with Crippen LogP contribution < -0.4 is 14.0 Å². The van der Waals surface area contributed by atoms with Crippen LogP contribution >= 0.6 is 11.6 Å². The highest BCUT2D eigenvalue weighted by Crippen LogP contribution is 2.09. The summed E-state index contributed by atoms with van der Waals surface area (Å²) in [5, 5.41) is 0. The van der Waals surface area contributed by atoms with Gasteiger partial charge in [0.1, 0.15) is 0 Å². The van der Waals surface area contributed by atoms with Crippen LogP contribution in [-0.4, -0.2) is 12.0 Å². The molecule has 0 bridgehead atoms. The van der Waals surface area contributed by atoms with Gasteiger partial charge < -0.3 is 0 Å². The minimum atomic E-state index is -4.34. The van der Waals surface area contributed by atoms with E-state index in [0.29, 0.717) is 6.42 Å². The van der Waals surface area contributed by atoms with Crippen molar-refractivity contribution in [3.8, 4) is 0 Å². The fraction of sp³-hybridized carbons (Fsp3) is 1.00. The Hall–Kier alpha value is 0.420. The zero-order valence-corrected chi connectivity index (χ0v) is 8.31. The Balaban J connectivity index is 3.67. The number of rotatable bonds is 6. The van der Waals surface area contributed by atoms with Gasteiger partial charge in [0.05, 0.1) is 20.4 Å². The minimum Gasteiger partial charge on any atom is -0.183 e. The van der Waals surface area contributed by atoms with Crippen LogP contribution in [0.4, 0.5) is 0 Å². The molecule has 0 N–H and O–H groups in total. The van der Waals surface area contributed by atoms with E-state index in [1.54, 1.807) is 0 Å². The molecule has 1 atom stereocenters. The molecule has 74 valence electrons. The monoisotopic (exact) mass is 218 g/mol. The molecule has 0 aliphatic carbocycles. The number of hydrogen-bond acceptors (Lipinski definition) is 4. The molecule has 0 saturated carbocycles. The molecule has 0 aliphatic rings. The molecule has 1 unspecified atom stereocenters. The van der Waals surface area contributed by atoms with E-state index in [0.717, 1.165) is 12.8 Å². The maximum atomic E-state index is 10.1. The topological polar surface area (TPSA) is 78.4 Å². The first kappa shape index (κ1) is 12.4. The third-order valence-electron chi connectivity index (χ3n) is 1.29. The fourth-order valence-electron chi connectivity index (χ4n) is 0.732. The molecule has 0 amide bonds. The van der Waals surface area contributed by atoms with E-state index in [1.165, 1.54) is 0 Å². The van der Waals surface area contributed by atoms with Crippen LogP contribution in [0, 0.1) is 10.2 Å². The Morgan fingerprint density at radius 2 is 2.00 bits per heavy atom. The summed E-state index contributed by atoms with van der Waals surface area (Å²) in [4.78, 5) is 0. The van der Waals surface area contributed by atoms with Gasteiger partial charge in [-0.2, -0.15) is 14.0 Å². The molecular weight excluding hydrogens is 207 g/mol. The Morgan fingerprint density at radius 1 is 1.42 bits per heavy atom. The van der Waals surface area contributed by atoms with E-state index in [1.807, 2.05) is 6.92 Å². The highest BCUT2D eigenvalue weighted by atomic mass is 35.7. The van der Waals surface area contributed by atoms with Crippen LogP contribution in [-0.2, 0) is 4.29 Å². The van der Waals surface area contributed by atoms with Crippen molar-refractivity contribution < 1.29 is 28.5 Å². The van der Waals surface area contributed by atoms with Crippen molar-refractivity contribution in [2.75, 3.05) is 5.88 Å². The van der Waals surface area contributed by atoms with Gasteiger partial charge in [-0.25, -0.2) is 0 Å². The summed E-state index contributed by atoms with van der Waals surface area (Å²) >= 11 is 5.38. The van der Waals surface area contributed by atoms with Crippen molar-refractivity contribution in [3.05, 3.63) is 0 Å². The summed E-state index contributed by atoms with van der Waals surface area (Å²) in [6, 6.07) is 0. The predicted octanol–water partition coefficient (Wildman–Crippen LogP) is -1.30. The molecule has 0 saturated heterocycles. The molecule has 6 heteroatoms. The van der Waals surface area contributed by atoms with E-state index >= 15 is 0 Å². The van der Waals surface area contributed by atoms with Gasteiger partial charge in [-0.05, 0) is 6.42 Å². The number of unbranched alkanes of at least 4 members (excludes halogenated alkanes) is 1. The first-order valence-electron chi connectivity index (χ1n) is 3.64. The standard InChI is InChI=1S/C6H12Cl2O4/c1-2-3-4-6(5-7)12-8(9,10)11/h6H,2-5H2,1H3. The first-order chi connectivity index (χ1) is 5.49. The van der Waals surface area contributed by atoms with Crippen molar-refractivity contribution in [2.24, 2.45) is 0 Å². The lowest BCUT2D eigenvalue weighted by molar-refractivity contribution is -1.92. The Bertz CT molecular complexity index is 115. The summed E-state index contributed by atoms with van der Waals surface area (Å²) in [5.74, 6) is 0.0223. The summed E-state index contributed by atoms with van der Waals surface area (Å²) in [5.41, 5.74) is 0. The third-order valence-corrected chi connectivity index (χ3v) is 2.10. The van der Waals surface area contributed by atoms with Crippen molar-refractivity contribution in [1.29, 1.82) is 0 Å². The second kappa shape index (κ2) is 5.96. The van der Waals surface area contributed by atoms with Crippen molar-refractivity contribution in [3.63, 3.8) is 0 Å². The molecule has 0 aromatic rings. The van der Waals surface area contributed by atoms with Gasteiger partial charge in [-0.15, -0.1) is 11.6 Å². The smallest absolute Gasteiger partial charge is 0.183 e. The zero-order chi connectivity index (χ0) is 9.61. The molecule has 0 radical (unpaired) electrons. The number of halogens is 2. The largest absolute Gasteiger partial charge is 0.227 e. The third kappa shape index (κ3) is 7.09. The van der Waals surface area contributed by atoms with Crippen molar-refractivity contribution in [1.82, 2.24) is 0 Å².